The first-order valence-corrected chi connectivity index (χ1v) is 10.3. The number of carbonyl (C=O) groups is 2. The molecule has 0 bridgehead atoms. The highest BCUT2D eigenvalue weighted by molar-refractivity contribution is 6.14. The van der Waals surface area contributed by atoms with Crippen molar-refractivity contribution in [3.63, 3.8) is 0 Å². The van der Waals surface area contributed by atoms with E-state index >= 15 is 0 Å². The maximum atomic E-state index is 13.4. The Morgan fingerprint density at radius 2 is 1.56 bits per heavy atom. The number of carbonyl (C=O) groups excluding carboxylic acids is 1. The van der Waals surface area contributed by atoms with Gasteiger partial charge in [-0.05, 0) is 82.8 Å². The van der Waals surface area contributed by atoms with Crippen LogP contribution in [0.15, 0.2) is 72.8 Å². The maximum absolute atomic E-state index is 13.4. The molecule has 0 aliphatic rings. The van der Waals surface area contributed by atoms with E-state index in [1.807, 2.05) is 60.7 Å². The predicted octanol–water partition coefficient (Wildman–Crippen LogP) is 5.57. The van der Waals surface area contributed by atoms with Gasteiger partial charge in [0.2, 0.25) is 0 Å². The van der Waals surface area contributed by atoms with Crippen LogP contribution < -0.4 is 5.32 Å². The lowest BCUT2D eigenvalue weighted by Crippen LogP contribution is -2.15. The minimum absolute atomic E-state index is 0.0559. The summed E-state index contributed by atoms with van der Waals surface area (Å²) in [4.78, 5) is 24.7. The van der Waals surface area contributed by atoms with Crippen molar-refractivity contribution in [2.45, 2.75) is 20.5 Å². The Labute approximate surface area is 186 Å². The van der Waals surface area contributed by atoms with Crippen molar-refractivity contribution in [3.05, 3.63) is 101 Å². The average molecular weight is 425 g/mol. The van der Waals surface area contributed by atoms with E-state index in [1.165, 1.54) is 0 Å². The number of hydrogen-bond donors (Lipinski definition) is 3. The Hall–Kier alpha value is -3.96. The number of anilines is 1. The number of amides is 1. The van der Waals surface area contributed by atoms with E-state index in [0.29, 0.717) is 22.4 Å². The summed E-state index contributed by atoms with van der Waals surface area (Å²) in [5, 5.41) is 23.5. The monoisotopic (exact) mass is 425 g/mol. The highest BCUT2D eigenvalue weighted by Gasteiger charge is 2.16. The van der Waals surface area contributed by atoms with Gasteiger partial charge in [-0.25, -0.2) is 4.79 Å². The summed E-state index contributed by atoms with van der Waals surface area (Å²) in [7, 11) is 0. The van der Waals surface area contributed by atoms with Crippen molar-refractivity contribution in [2.24, 2.45) is 0 Å². The van der Waals surface area contributed by atoms with Crippen LogP contribution in [0.4, 0.5) is 5.69 Å². The Kier molecular flexibility index (Phi) is 5.75. The number of carboxylic acid groups (broad SMARTS) is 1. The van der Waals surface area contributed by atoms with Crippen LogP contribution >= 0.6 is 0 Å². The van der Waals surface area contributed by atoms with E-state index < -0.39 is 5.97 Å². The molecular weight excluding hydrogens is 402 g/mol. The fourth-order valence-electron chi connectivity index (χ4n) is 3.98. The molecule has 4 aromatic rings. The average Bonchev–Trinajstić information content (AvgIpc) is 2.80. The van der Waals surface area contributed by atoms with Crippen LogP contribution in [0.5, 0.6) is 0 Å². The van der Waals surface area contributed by atoms with Gasteiger partial charge in [0.1, 0.15) is 0 Å². The smallest absolute Gasteiger partial charge is 0.335 e. The van der Waals surface area contributed by atoms with Crippen LogP contribution in [0.3, 0.4) is 0 Å². The van der Waals surface area contributed by atoms with E-state index in [9.17, 15) is 19.8 Å². The molecule has 0 radical (unpaired) electrons. The molecule has 0 spiro atoms. The first-order valence-electron chi connectivity index (χ1n) is 10.3. The summed E-state index contributed by atoms with van der Waals surface area (Å²) in [5.74, 6) is -1.27. The second kappa shape index (κ2) is 8.65. The quantitative estimate of drug-likeness (QED) is 0.390. The summed E-state index contributed by atoms with van der Waals surface area (Å²) in [6, 6.07) is 22.3. The molecule has 0 unspecified atom stereocenters. The molecular formula is C27H23NO4. The fourth-order valence-corrected chi connectivity index (χ4v) is 3.98. The number of aliphatic hydroxyl groups excluding tert-OH is 1. The SMILES string of the molecule is Cc1cc(C(=O)O)cc(C)c1NC(=O)c1cc(-c2cccc(CO)c2)cc2ccccc12. The Morgan fingerprint density at radius 3 is 2.25 bits per heavy atom. The molecule has 0 saturated heterocycles. The number of nitrogens with one attached hydrogen (secondary N) is 1. The third-order valence-electron chi connectivity index (χ3n) is 5.57. The van der Waals surface area contributed by atoms with Gasteiger partial charge in [-0.1, -0.05) is 42.5 Å². The summed E-state index contributed by atoms with van der Waals surface area (Å²) < 4.78 is 0. The fraction of sp³-hybridized carbons (Fsp3) is 0.111. The van der Waals surface area contributed by atoms with Gasteiger partial charge in [0, 0.05) is 11.3 Å². The minimum atomic E-state index is -1.00. The number of aliphatic hydroxyl groups is 1. The standard InChI is InChI=1S/C27H23NO4/c1-16-10-22(27(31)32)11-17(2)25(16)28-26(30)24-14-21(13-20-7-3-4-9-23(20)24)19-8-5-6-18(12-19)15-29/h3-14,29H,15H2,1-2H3,(H,28,30)(H,31,32). The van der Waals surface area contributed by atoms with Gasteiger partial charge in [0.05, 0.1) is 12.2 Å². The number of carboxylic acids is 1. The molecule has 4 aromatic carbocycles. The molecule has 5 heteroatoms. The largest absolute Gasteiger partial charge is 0.478 e. The van der Waals surface area contributed by atoms with Crippen LogP contribution in [0.2, 0.25) is 0 Å². The van der Waals surface area contributed by atoms with E-state index in [0.717, 1.165) is 27.5 Å². The van der Waals surface area contributed by atoms with Crippen molar-refractivity contribution in [1.82, 2.24) is 0 Å². The van der Waals surface area contributed by atoms with Crippen LogP contribution in [-0.4, -0.2) is 22.1 Å². The Morgan fingerprint density at radius 1 is 0.844 bits per heavy atom. The van der Waals surface area contributed by atoms with Crippen molar-refractivity contribution < 1.29 is 19.8 Å². The summed E-state index contributed by atoms with van der Waals surface area (Å²) in [6.07, 6.45) is 0. The lowest BCUT2D eigenvalue weighted by Gasteiger charge is -2.15. The highest BCUT2D eigenvalue weighted by atomic mass is 16.4. The summed E-state index contributed by atoms with van der Waals surface area (Å²) >= 11 is 0. The maximum Gasteiger partial charge on any atom is 0.335 e. The van der Waals surface area contributed by atoms with Crippen molar-refractivity contribution in [2.75, 3.05) is 5.32 Å². The van der Waals surface area contributed by atoms with Crippen LogP contribution in [-0.2, 0) is 6.61 Å². The molecule has 0 saturated carbocycles. The number of fused-ring (bicyclic) bond motifs is 1. The van der Waals surface area contributed by atoms with Gasteiger partial charge < -0.3 is 15.5 Å². The van der Waals surface area contributed by atoms with Gasteiger partial charge in [-0.15, -0.1) is 0 Å². The van der Waals surface area contributed by atoms with Crippen molar-refractivity contribution in [1.29, 1.82) is 0 Å². The van der Waals surface area contributed by atoms with Crippen molar-refractivity contribution in [3.8, 4) is 11.1 Å². The lowest BCUT2D eigenvalue weighted by atomic mass is 9.95. The number of hydrogen-bond acceptors (Lipinski definition) is 3. The minimum Gasteiger partial charge on any atom is -0.478 e. The normalized spacial score (nSPS) is 10.8. The Balaban J connectivity index is 1.80. The van der Waals surface area contributed by atoms with E-state index in [4.69, 9.17) is 0 Å². The van der Waals surface area contributed by atoms with Gasteiger partial charge in [-0.2, -0.15) is 0 Å². The van der Waals surface area contributed by atoms with Crippen LogP contribution in [0.25, 0.3) is 21.9 Å². The number of aromatic carboxylic acids is 1. The first-order chi connectivity index (χ1) is 15.4. The zero-order valence-corrected chi connectivity index (χ0v) is 17.8. The molecule has 1 amide bonds. The van der Waals surface area contributed by atoms with Crippen LogP contribution in [0.1, 0.15) is 37.4 Å². The molecule has 0 atom stereocenters. The number of aryl methyl sites for hydroxylation is 2. The molecule has 5 nitrogen and oxygen atoms in total. The summed E-state index contributed by atoms with van der Waals surface area (Å²) in [5.41, 5.74) is 5.28. The third kappa shape index (κ3) is 4.11. The molecule has 32 heavy (non-hydrogen) atoms. The van der Waals surface area contributed by atoms with Gasteiger partial charge in [-0.3, -0.25) is 4.79 Å². The van der Waals surface area contributed by atoms with E-state index in [1.54, 1.807) is 26.0 Å². The first kappa shape index (κ1) is 21.3. The number of benzene rings is 4. The summed E-state index contributed by atoms with van der Waals surface area (Å²) in [6.45, 7) is 3.51. The van der Waals surface area contributed by atoms with E-state index in [2.05, 4.69) is 5.32 Å². The lowest BCUT2D eigenvalue weighted by molar-refractivity contribution is 0.0696. The zero-order chi connectivity index (χ0) is 22.8. The number of rotatable bonds is 5. The molecule has 0 fully saturated rings. The second-order valence-electron chi connectivity index (χ2n) is 7.85. The molecule has 0 aliphatic heterocycles. The van der Waals surface area contributed by atoms with E-state index in [-0.39, 0.29) is 18.1 Å². The molecule has 3 N–H and O–H groups in total. The molecule has 4 rings (SSSR count). The topological polar surface area (TPSA) is 86.6 Å². The molecule has 160 valence electrons. The predicted molar refractivity (Wildman–Crippen MR) is 126 cm³/mol. The molecule has 0 aliphatic carbocycles. The highest BCUT2D eigenvalue weighted by Crippen LogP contribution is 2.30. The second-order valence-corrected chi connectivity index (χ2v) is 7.85. The van der Waals surface area contributed by atoms with Gasteiger partial charge >= 0.3 is 5.97 Å². The van der Waals surface area contributed by atoms with Gasteiger partial charge in [0.25, 0.3) is 5.91 Å². The van der Waals surface area contributed by atoms with Crippen molar-refractivity contribution >= 4 is 28.3 Å². The molecule has 0 heterocycles. The zero-order valence-electron chi connectivity index (χ0n) is 17.8. The van der Waals surface area contributed by atoms with Gasteiger partial charge in [0.15, 0.2) is 0 Å². The third-order valence-corrected chi connectivity index (χ3v) is 5.57. The van der Waals surface area contributed by atoms with Crippen LogP contribution in [0, 0.1) is 13.8 Å². The molecule has 0 aromatic heterocycles. The Bertz CT molecular complexity index is 1330.